The summed E-state index contributed by atoms with van der Waals surface area (Å²) < 4.78 is 18.2. The number of aromatic nitrogens is 1. The van der Waals surface area contributed by atoms with Crippen LogP contribution in [0.5, 0.6) is 0 Å². The lowest BCUT2D eigenvalue weighted by Crippen LogP contribution is -2.20. The topological polar surface area (TPSA) is 22.0 Å². The van der Waals surface area contributed by atoms with Crippen LogP contribution in [-0.2, 0) is 4.57 Å². The van der Waals surface area contributed by atoms with Gasteiger partial charge in [0.05, 0.1) is 16.7 Å². The minimum Gasteiger partial charge on any atom is -0.309 e. The summed E-state index contributed by atoms with van der Waals surface area (Å²) in [5.74, 6) is 0. The fourth-order valence-corrected chi connectivity index (χ4v) is 11.9. The van der Waals surface area contributed by atoms with E-state index in [0.717, 1.165) is 49.1 Å². The lowest BCUT2D eigenvalue weighted by Gasteiger charge is -2.20. The van der Waals surface area contributed by atoms with E-state index in [4.69, 9.17) is 0 Å². The molecule has 238 valence electrons. The lowest BCUT2D eigenvalue weighted by molar-refractivity contribution is 0.593. The zero-order valence-electron chi connectivity index (χ0n) is 27.6. The predicted octanol–water partition coefficient (Wildman–Crippen LogP) is 11.5. The number of fused-ring (bicyclic) bond motifs is 10. The summed E-state index contributed by atoms with van der Waals surface area (Å²) in [4.78, 5) is 0. The van der Waals surface area contributed by atoms with Crippen LogP contribution in [-0.4, -0.2) is 4.57 Å². The molecule has 0 bridgehead atoms. The number of hydrogen-bond donors (Lipinski definition) is 0. The fraction of sp³-hybridized carbons (Fsp3) is 0. The van der Waals surface area contributed by atoms with Crippen molar-refractivity contribution in [2.45, 2.75) is 0 Å². The Kier molecular flexibility index (Phi) is 5.97. The highest BCUT2D eigenvalue weighted by Gasteiger charge is 2.42. The Bertz CT molecular complexity index is 3060. The van der Waals surface area contributed by atoms with Gasteiger partial charge in [-0.25, -0.2) is 0 Å². The third kappa shape index (κ3) is 3.86. The van der Waals surface area contributed by atoms with Crippen LogP contribution < -0.4 is 15.9 Å². The monoisotopic (exact) mass is 667 g/mol. The molecule has 1 unspecified atom stereocenters. The molecule has 51 heavy (non-hydrogen) atoms. The van der Waals surface area contributed by atoms with Gasteiger partial charge in [0.25, 0.3) is 0 Å². The minimum absolute atomic E-state index is 0.869. The molecule has 0 fully saturated rings. The largest absolute Gasteiger partial charge is 0.309 e. The molecule has 2 nitrogen and oxygen atoms in total. The molecule has 3 heteroatoms. The van der Waals surface area contributed by atoms with Gasteiger partial charge < -0.3 is 9.13 Å². The number of benzene rings is 9. The summed E-state index contributed by atoms with van der Waals surface area (Å²) in [7, 11) is -3.14. The lowest BCUT2D eigenvalue weighted by atomic mass is 9.89. The summed E-state index contributed by atoms with van der Waals surface area (Å²) in [5.41, 5.74) is 7.93. The molecular weight excluding hydrogens is 638 g/mol. The van der Waals surface area contributed by atoms with Crippen molar-refractivity contribution in [3.63, 3.8) is 0 Å². The molecule has 10 aromatic rings. The van der Waals surface area contributed by atoms with Crippen molar-refractivity contribution in [2.75, 3.05) is 0 Å². The second kappa shape index (κ2) is 10.6. The molecule has 0 saturated carbocycles. The van der Waals surface area contributed by atoms with Crippen LogP contribution in [0.2, 0.25) is 0 Å². The summed E-state index contributed by atoms with van der Waals surface area (Å²) in [5, 5.41) is 12.3. The van der Waals surface area contributed by atoms with Gasteiger partial charge in [0, 0.05) is 43.0 Å². The summed E-state index contributed by atoms with van der Waals surface area (Å²) in [6.45, 7) is 0. The molecule has 1 aliphatic rings. The first kappa shape index (κ1) is 28.6. The van der Waals surface area contributed by atoms with Crippen molar-refractivity contribution in [3.8, 4) is 27.9 Å². The van der Waals surface area contributed by atoms with Gasteiger partial charge in [-0.3, -0.25) is 0 Å². The quantitative estimate of drug-likeness (QED) is 0.136. The number of hydrogen-bond acceptors (Lipinski definition) is 1. The SMILES string of the molecule is O=P1(c2ccccc2)c2ccccc2-c2c1ccc1c3ccccc3n(-c3c4ccccc4c(-c4ccc5ccccc5c4)c4ccccc34)c21. The average molecular weight is 668 g/mol. The van der Waals surface area contributed by atoms with E-state index < -0.39 is 7.14 Å². The molecule has 11 rings (SSSR count). The van der Waals surface area contributed by atoms with E-state index in [1.165, 1.54) is 48.8 Å². The van der Waals surface area contributed by atoms with Crippen LogP contribution in [0.4, 0.5) is 0 Å². The van der Waals surface area contributed by atoms with Crippen molar-refractivity contribution < 1.29 is 4.57 Å². The first-order chi connectivity index (χ1) is 25.2. The Morgan fingerprint density at radius 2 is 1.02 bits per heavy atom. The molecule has 0 amide bonds. The Morgan fingerprint density at radius 1 is 0.412 bits per heavy atom. The minimum atomic E-state index is -3.14. The molecule has 0 N–H and O–H groups in total. The van der Waals surface area contributed by atoms with Gasteiger partial charge in [0.2, 0.25) is 0 Å². The third-order valence-electron chi connectivity index (χ3n) is 11.0. The molecular formula is C48H30NOP. The zero-order chi connectivity index (χ0) is 33.7. The van der Waals surface area contributed by atoms with E-state index in [0.29, 0.717) is 0 Å². The van der Waals surface area contributed by atoms with Gasteiger partial charge in [0.15, 0.2) is 7.14 Å². The van der Waals surface area contributed by atoms with Crippen molar-refractivity contribution in [2.24, 2.45) is 0 Å². The van der Waals surface area contributed by atoms with E-state index in [1.807, 2.05) is 36.4 Å². The normalized spacial score (nSPS) is 15.2. The van der Waals surface area contributed by atoms with Crippen LogP contribution in [0.25, 0.3) is 82.1 Å². The summed E-state index contributed by atoms with van der Waals surface area (Å²) in [6, 6.07) is 64.6. The maximum atomic E-state index is 15.7. The van der Waals surface area contributed by atoms with Crippen molar-refractivity contribution in [1.82, 2.24) is 4.57 Å². The van der Waals surface area contributed by atoms with Crippen LogP contribution >= 0.6 is 7.14 Å². The van der Waals surface area contributed by atoms with Gasteiger partial charge in [-0.05, 0) is 56.4 Å². The Balaban J connectivity index is 1.33. The first-order valence-corrected chi connectivity index (χ1v) is 19.2. The van der Waals surface area contributed by atoms with Gasteiger partial charge in [0.1, 0.15) is 0 Å². The first-order valence-electron chi connectivity index (χ1n) is 17.5. The van der Waals surface area contributed by atoms with Gasteiger partial charge >= 0.3 is 0 Å². The van der Waals surface area contributed by atoms with E-state index in [9.17, 15) is 0 Å². The van der Waals surface area contributed by atoms with E-state index in [1.54, 1.807) is 0 Å². The zero-order valence-corrected chi connectivity index (χ0v) is 28.5. The predicted molar refractivity (Wildman–Crippen MR) is 217 cm³/mol. The van der Waals surface area contributed by atoms with Gasteiger partial charge in [-0.1, -0.05) is 164 Å². The highest BCUT2D eigenvalue weighted by molar-refractivity contribution is 7.86. The van der Waals surface area contributed by atoms with Gasteiger partial charge in [-0.15, -0.1) is 0 Å². The molecule has 2 heterocycles. The Morgan fingerprint density at radius 3 is 1.78 bits per heavy atom. The molecule has 0 aliphatic carbocycles. The second-order valence-electron chi connectivity index (χ2n) is 13.5. The van der Waals surface area contributed by atoms with Crippen molar-refractivity contribution in [1.29, 1.82) is 0 Å². The van der Waals surface area contributed by atoms with E-state index in [2.05, 4.69) is 150 Å². The second-order valence-corrected chi connectivity index (χ2v) is 16.2. The maximum absolute atomic E-state index is 15.7. The summed E-state index contributed by atoms with van der Waals surface area (Å²) >= 11 is 0. The molecule has 1 atom stereocenters. The van der Waals surface area contributed by atoms with Gasteiger partial charge in [-0.2, -0.15) is 0 Å². The van der Waals surface area contributed by atoms with Crippen LogP contribution in [0.15, 0.2) is 182 Å². The molecule has 1 aliphatic heterocycles. The molecule has 1 aromatic heterocycles. The highest BCUT2D eigenvalue weighted by Crippen LogP contribution is 2.55. The number of rotatable bonds is 3. The van der Waals surface area contributed by atoms with E-state index >= 15 is 4.57 Å². The molecule has 0 radical (unpaired) electrons. The maximum Gasteiger partial charge on any atom is 0.172 e. The smallest absolute Gasteiger partial charge is 0.172 e. The molecule has 9 aromatic carbocycles. The third-order valence-corrected chi connectivity index (χ3v) is 14.1. The summed E-state index contributed by atoms with van der Waals surface area (Å²) in [6.07, 6.45) is 0. The van der Waals surface area contributed by atoms with Crippen LogP contribution in [0.1, 0.15) is 0 Å². The van der Waals surface area contributed by atoms with Crippen molar-refractivity contribution in [3.05, 3.63) is 182 Å². The fourth-order valence-electron chi connectivity index (χ4n) is 8.81. The molecule has 0 spiro atoms. The van der Waals surface area contributed by atoms with Crippen molar-refractivity contribution >= 4 is 77.2 Å². The standard InChI is InChI=1S/C48H30NOP/c50-51(34-16-2-1-3-17-34)43-25-13-11-23-41(43)46-44(51)29-28-40-35-18-10-12-24-42(35)49(48(40)46)47-38-21-8-6-19-36(38)45(37-20-7-9-22-39(37)47)33-27-26-31-14-4-5-15-32(31)30-33/h1-30H. The number of nitrogens with zero attached hydrogens (tertiary/aromatic N) is 1. The van der Waals surface area contributed by atoms with Crippen LogP contribution in [0.3, 0.4) is 0 Å². The highest BCUT2D eigenvalue weighted by atomic mass is 31.2. The number of para-hydroxylation sites is 1. The van der Waals surface area contributed by atoms with E-state index in [-0.39, 0.29) is 0 Å². The Labute approximate surface area is 295 Å². The molecule has 0 saturated heterocycles. The van der Waals surface area contributed by atoms with Crippen LogP contribution in [0, 0.1) is 0 Å². The Hall–Kier alpha value is -6.21. The average Bonchev–Trinajstić information content (AvgIpc) is 3.67.